The van der Waals surface area contributed by atoms with E-state index in [1.54, 1.807) is 23.0 Å². The van der Waals surface area contributed by atoms with E-state index in [1.165, 1.54) is 6.33 Å². The van der Waals surface area contributed by atoms with E-state index in [4.69, 9.17) is 4.74 Å². The van der Waals surface area contributed by atoms with Crippen molar-refractivity contribution in [1.29, 1.82) is 0 Å². The van der Waals surface area contributed by atoms with Gasteiger partial charge in [0.2, 0.25) is 0 Å². The normalized spacial score (nSPS) is 10.3. The van der Waals surface area contributed by atoms with E-state index in [9.17, 15) is 4.79 Å². The van der Waals surface area contributed by atoms with Crippen molar-refractivity contribution in [3.63, 3.8) is 0 Å². The molecule has 2 N–H and O–H groups in total. The van der Waals surface area contributed by atoms with E-state index >= 15 is 0 Å². The molecule has 0 saturated carbocycles. The number of urea groups is 1. The van der Waals surface area contributed by atoms with Crippen LogP contribution in [0.1, 0.15) is 5.82 Å². The molecule has 3 aromatic rings. The molecule has 0 spiro atoms. The third-order valence-corrected chi connectivity index (χ3v) is 3.37. The molecule has 0 aliphatic carbocycles. The fraction of sp³-hybridized carbons (Fsp3) is 0.176. The van der Waals surface area contributed by atoms with Crippen LogP contribution in [0.15, 0.2) is 55.1 Å². The van der Waals surface area contributed by atoms with Gasteiger partial charge in [0.25, 0.3) is 0 Å². The topological polar surface area (TPSA) is 94.0 Å². The second-order valence-corrected chi connectivity index (χ2v) is 5.15. The highest BCUT2D eigenvalue weighted by Gasteiger charge is 2.06. The van der Waals surface area contributed by atoms with Crippen LogP contribution in [0.3, 0.4) is 0 Å². The quantitative estimate of drug-likeness (QED) is 0.672. The minimum Gasteiger partial charge on any atom is -0.492 e. The Balaban J connectivity index is 1.49. The van der Waals surface area contributed by atoms with Crippen molar-refractivity contribution in [2.75, 3.05) is 18.5 Å². The van der Waals surface area contributed by atoms with E-state index in [0.29, 0.717) is 24.8 Å². The number of carbonyl (C=O) groups excluding carboxylic acids is 1. The molecule has 25 heavy (non-hydrogen) atoms. The molecule has 3 rings (SSSR count). The maximum absolute atomic E-state index is 11.9. The number of anilines is 1. The Kier molecular flexibility index (Phi) is 5.20. The number of amides is 2. The molecule has 8 heteroatoms. The van der Waals surface area contributed by atoms with Gasteiger partial charge < -0.3 is 10.1 Å². The van der Waals surface area contributed by atoms with Crippen molar-refractivity contribution in [3.05, 3.63) is 60.9 Å². The van der Waals surface area contributed by atoms with Crippen molar-refractivity contribution in [2.45, 2.75) is 6.92 Å². The minimum absolute atomic E-state index is 0.358. The molecule has 2 heterocycles. The fourth-order valence-electron chi connectivity index (χ4n) is 2.18. The molecule has 0 atom stereocenters. The van der Waals surface area contributed by atoms with Crippen LogP contribution >= 0.6 is 0 Å². The Morgan fingerprint density at radius 2 is 2.04 bits per heavy atom. The number of nitrogens with one attached hydrogen (secondary N) is 2. The molecule has 8 nitrogen and oxygen atoms in total. The maximum Gasteiger partial charge on any atom is 0.320 e. The van der Waals surface area contributed by atoms with E-state index in [1.807, 2.05) is 37.3 Å². The highest BCUT2D eigenvalue weighted by molar-refractivity contribution is 5.88. The van der Waals surface area contributed by atoms with E-state index in [-0.39, 0.29) is 6.03 Å². The van der Waals surface area contributed by atoms with Gasteiger partial charge >= 0.3 is 6.03 Å². The SMILES string of the molecule is Cc1nccn1-c1cc(NC(=O)NCCOc2ccccc2)ncn1. The minimum atomic E-state index is -0.358. The average molecular weight is 338 g/mol. The number of ether oxygens (including phenoxy) is 1. The molecule has 2 aromatic heterocycles. The van der Waals surface area contributed by atoms with Gasteiger partial charge in [0.05, 0.1) is 6.54 Å². The highest BCUT2D eigenvalue weighted by Crippen LogP contribution is 2.10. The second kappa shape index (κ2) is 7.91. The van der Waals surface area contributed by atoms with Gasteiger partial charge in [-0.15, -0.1) is 0 Å². The lowest BCUT2D eigenvalue weighted by molar-refractivity contribution is 0.247. The van der Waals surface area contributed by atoms with Crippen LogP contribution < -0.4 is 15.4 Å². The first-order valence-corrected chi connectivity index (χ1v) is 7.77. The van der Waals surface area contributed by atoms with Gasteiger partial charge in [-0.25, -0.2) is 19.7 Å². The standard InChI is InChI=1S/C17H18N6O2/c1-13-18-7-9-23(13)16-11-15(20-12-21-16)22-17(24)19-8-10-25-14-5-3-2-4-6-14/h2-7,9,11-12H,8,10H2,1H3,(H2,19,20,21,22,24). The van der Waals surface area contributed by atoms with Crippen LogP contribution in [-0.4, -0.2) is 38.7 Å². The van der Waals surface area contributed by atoms with Gasteiger partial charge in [-0.3, -0.25) is 9.88 Å². The first-order valence-electron chi connectivity index (χ1n) is 7.77. The third kappa shape index (κ3) is 4.54. The van der Waals surface area contributed by atoms with Gasteiger partial charge in [-0.05, 0) is 19.1 Å². The van der Waals surface area contributed by atoms with Crippen LogP contribution in [0.4, 0.5) is 10.6 Å². The lowest BCUT2D eigenvalue weighted by atomic mass is 10.3. The van der Waals surface area contributed by atoms with Crippen LogP contribution in [-0.2, 0) is 0 Å². The number of hydrogen-bond acceptors (Lipinski definition) is 5. The summed E-state index contributed by atoms with van der Waals surface area (Å²) in [4.78, 5) is 24.3. The van der Waals surface area contributed by atoms with Crippen molar-refractivity contribution < 1.29 is 9.53 Å². The molecule has 0 radical (unpaired) electrons. The lowest BCUT2D eigenvalue weighted by Gasteiger charge is -2.09. The summed E-state index contributed by atoms with van der Waals surface area (Å²) < 4.78 is 7.31. The van der Waals surface area contributed by atoms with Crippen molar-refractivity contribution in [1.82, 2.24) is 24.8 Å². The summed E-state index contributed by atoms with van der Waals surface area (Å²) in [6.07, 6.45) is 4.87. The number of aromatic nitrogens is 4. The predicted molar refractivity (Wildman–Crippen MR) is 92.8 cm³/mol. The maximum atomic E-state index is 11.9. The Bertz CT molecular complexity index is 834. The zero-order valence-corrected chi connectivity index (χ0v) is 13.7. The van der Waals surface area contributed by atoms with Gasteiger partial charge in [-0.2, -0.15) is 0 Å². The lowest BCUT2D eigenvalue weighted by Crippen LogP contribution is -2.32. The van der Waals surface area contributed by atoms with E-state index in [2.05, 4.69) is 25.6 Å². The van der Waals surface area contributed by atoms with Crippen LogP contribution in [0, 0.1) is 6.92 Å². The summed E-state index contributed by atoms with van der Waals surface area (Å²) >= 11 is 0. The predicted octanol–water partition coefficient (Wildman–Crippen LogP) is 2.17. The van der Waals surface area contributed by atoms with Crippen LogP contribution in [0.2, 0.25) is 0 Å². The first-order chi connectivity index (χ1) is 12.2. The number of nitrogens with zero attached hydrogens (tertiary/aromatic N) is 4. The number of aryl methyl sites for hydroxylation is 1. The number of rotatable bonds is 6. The third-order valence-electron chi connectivity index (χ3n) is 3.37. The molecule has 0 aliphatic heterocycles. The molecule has 1 aromatic carbocycles. The fourth-order valence-corrected chi connectivity index (χ4v) is 2.18. The zero-order chi connectivity index (χ0) is 17.5. The van der Waals surface area contributed by atoms with Gasteiger partial charge in [-0.1, -0.05) is 18.2 Å². The smallest absolute Gasteiger partial charge is 0.320 e. The first kappa shape index (κ1) is 16.4. The van der Waals surface area contributed by atoms with Crippen molar-refractivity contribution in [3.8, 4) is 11.6 Å². The summed E-state index contributed by atoms with van der Waals surface area (Å²) in [5.41, 5.74) is 0. The van der Waals surface area contributed by atoms with Crippen LogP contribution in [0.5, 0.6) is 5.75 Å². The van der Waals surface area contributed by atoms with E-state index in [0.717, 1.165) is 11.6 Å². The summed E-state index contributed by atoms with van der Waals surface area (Å²) in [6.45, 7) is 2.62. The van der Waals surface area contributed by atoms with Gasteiger partial charge in [0, 0.05) is 18.5 Å². The largest absolute Gasteiger partial charge is 0.492 e. The Labute approximate surface area is 144 Å². The Morgan fingerprint density at radius 3 is 2.80 bits per heavy atom. The summed E-state index contributed by atoms with van der Waals surface area (Å²) in [7, 11) is 0. The molecule has 0 fully saturated rings. The number of hydrogen-bond donors (Lipinski definition) is 2. The molecule has 0 aliphatic rings. The Hall–Kier alpha value is -3.42. The summed E-state index contributed by atoms with van der Waals surface area (Å²) in [5, 5.41) is 5.38. The average Bonchev–Trinajstić information content (AvgIpc) is 3.06. The molecular formula is C17H18N6O2. The molecule has 2 amide bonds. The monoisotopic (exact) mass is 338 g/mol. The number of benzene rings is 1. The molecule has 128 valence electrons. The molecule has 0 saturated heterocycles. The van der Waals surface area contributed by atoms with Crippen molar-refractivity contribution >= 4 is 11.8 Å². The second-order valence-electron chi connectivity index (χ2n) is 5.15. The number of imidazole rings is 1. The summed E-state index contributed by atoms with van der Waals surface area (Å²) in [6, 6.07) is 10.7. The number of carbonyl (C=O) groups is 1. The van der Waals surface area contributed by atoms with Gasteiger partial charge in [0.15, 0.2) is 0 Å². The van der Waals surface area contributed by atoms with E-state index < -0.39 is 0 Å². The zero-order valence-electron chi connectivity index (χ0n) is 13.7. The summed E-state index contributed by atoms with van der Waals surface area (Å²) in [5.74, 6) is 2.60. The van der Waals surface area contributed by atoms with Gasteiger partial charge in [0.1, 0.15) is 36.1 Å². The molecular weight excluding hydrogens is 320 g/mol. The van der Waals surface area contributed by atoms with Crippen molar-refractivity contribution in [2.24, 2.45) is 0 Å². The highest BCUT2D eigenvalue weighted by atomic mass is 16.5. The Morgan fingerprint density at radius 1 is 1.20 bits per heavy atom. The number of para-hydroxylation sites is 1. The molecule has 0 unspecified atom stereocenters. The molecule has 0 bridgehead atoms. The van der Waals surface area contributed by atoms with Crippen LogP contribution in [0.25, 0.3) is 5.82 Å².